The molecule has 0 bridgehead atoms. The van der Waals surface area contributed by atoms with E-state index in [2.05, 4.69) is 20.8 Å². The van der Waals surface area contributed by atoms with Gasteiger partial charge in [0.25, 0.3) is 0 Å². The van der Waals surface area contributed by atoms with Crippen molar-refractivity contribution in [1.82, 2.24) is 0 Å². The predicted octanol–water partition coefficient (Wildman–Crippen LogP) is 4.64. The van der Waals surface area contributed by atoms with Gasteiger partial charge >= 0.3 is 0 Å². The Kier molecular flexibility index (Phi) is 7.74. The van der Waals surface area contributed by atoms with E-state index in [9.17, 15) is 4.79 Å². The van der Waals surface area contributed by atoms with Gasteiger partial charge in [0.2, 0.25) is 0 Å². The van der Waals surface area contributed by atoms with Crippen LogP contribution < -0.4 is 9.47 Å². The molecular formula is C18H27ClO3. The van der Waals surface area contributed by atoms with Crippen LogP contribution in [-0.2, 0) is 11.2 Å². The fourth-order valence-corrected chi connectivity index (χ4v) is 2.43. The van der Waals surface area contributed by atoms with Gasteiger partial charge in [-0.15, -0.1) is 11.6 Å². The average Bonchev–Trinajstić information content (AvgIpc) is 2.45. The zero-order valence-corrected chi connectivity index (χ0v) is 14.8. The molecular weight excluding hydrogens is 300 g/mol. The maximum Gasteiger partial charge on any atom is 0.124 e. The molecule has 1 aromatic carbocycles. The molecule has 0 aliphatic carbocycles. The van der Waals surface area contributed by atoms with Crippen molar-refractivity contribution in [2.75, 3.05) is 12.5 Å². The lowest BCUT2D eigenvalue weighted by atomic mass is 9.87. The highest BCUT2D eigenvalue weighted by Crippen LogP contribution is 2.32. The number of carbonyl (C=O) groups excluding carboxylic acids is 1. The first-order chi connectivity index (χ1) is 10.4. The Hall–Kier alpha value is -1.22. The Morgan fingerprint density at radius 3 is 2.50 bits per heavy atom. The van der Waals surface area contributed by atoms with Crippen LogP contribution in [0.15, 0.2) is 18.2 Å². The van der Waals surface area contributed by atoms with Crippen molar-refractivity contribution in [3.63, 3.8) is 0 Å². The van der Waals surface area contributed by atoms with E-state index in [1.807, 2.05) is 25.1 Å². The van der Waals surface area contributed by atoms with Gasteiger partial charge in [-0.25, -0.2) is 0 Å². The lowest BCUT2D eigenvalue weighted by molar-refractivity contribution is -0.107. The molecule has 0 fully saturated rings. The highest BCUT2D eigenvalue weighted by Gasteiger charge is 2.30. The number of halogens is 1. The van der Waals surface area contributed by atoms with Crippen molar-refractivity contribution < 1.29 is 14.3 Å². The van der Waals surface area contributed by atoms with Gasteiger partial charge in [-0.2, -0.15) is 0 Å². The predicted molar refractivity (Wildman–Crippen MR) is 91.2 cm³/mol. The summed E-state index contributed by atoms with van der Waals surface area (Å²) in [6, 6.07) is 5.69. The summed E-state index contributed by atoms with van der Waals surface area (Å²) in [7, 11) is 0. The fraction of sp³-hybridized carbons (Fsp3) is 0.611. The molecule has 1 aromatic rings. The Morgan fingerprint density at radius 2 is 1.95 bits per heavy atom. The van der Waals surface area contributed by atoms with Gasteiger partial charge in [0, 0.05) is 18.4 Å². The molecule has 124 valence electrons. The summed E-state index contributed by atoms with van der Waals surface area (Å²) in [4.78, 5) is 10.8. The second-order valence-corrected chi connectivity index (χ2v) is 6.36. The van der Waals surface area contributed by atoms with E-state index in [1.54, 1.807) is 0 Å². The van der Waals surface area contributed by atoms with Crippen molar-refractivity contribution >= 4 is 17.9 Å². The molecule has 0 saturated heterocycles. The number of hydrogen-bond donors (Lipinski definition) is 0. The maximum absolute atomic E-state index is 10.8. The van der Waals surface area contributed by atoms with E-state index in [0.717, 1.165) is 36.2 Å². The van der Waals surface area contributed by atoms with Crippen LogP contribution in [0.4, 0.5) is 0 Å². The Bertz CT molecular complexity index is 473. The monoisotopic (exact) mass is 326 g/mol. The summed E-state index contributed by atoms with van der Waals surface area (Å²) in [5.41, 5.74) is 0.609. The Balaban J connectivity index is 3.03. The Morgan fingerprint density at radius 1 is 1.27 bits per heavy atom. The van der Waals surface area contributed by atoms with Gasteiger partial charge in [-0.1, -0.05) is 13.8 Å². The number of ether oxygens (including phenoxy) is 2. The molecule has 0 saturated carbocycles. The van der Waals surface area contributed by atoms with E-state index in [0.29, 0.717) is 24.8 Å². The molecule has 0 spiro atoms. The third-order valence-electron chi connectivity index (χ3n) is 3.95. The van der Waals surface area contributed by atoms with Crippen LogP contribution in [0.1, 0.15) is 46.1 Å². The molecule has 1 atom stereocenters. The van der Waals surface area contributed by atoms with Crippen molar-refractivity contribution in [2.24, 2.45) is 5.92 Å². The van der Waals surface area contributed by atoms with Crippen molar-refractivity contribution in [3.8, 4) is 11.5 Å². The third-order valence-corrected chi connectivity index (χ3v) is 4.22. The molecule has 0 amide bonds. The van der Waals surface area contributed by atoms with Crippen LogP contribution in [0.2, 0.25) is 0 Å². The third kappa shape index (κ3) is 5.53. The van der Waals surface area contributed by atoms with E-state index in [1.165, 1.54) is 0 Å². The standard InChI is InChI=1S/C18H27ClO3/c1-5-21-16-11-15(7-10-20)12-17(13-16)22-18(4,14(2)3)8-6-9-19/h10-14H,5-9H2,1-4H3. The van der Waals surface area contributed by atoms with Gasteiger partial charge in [0.15, 0.2) is 0 Å². The van der Waals surface area contributed by atoms with Crippen LogP contribution in [0, 0.1) is 5.92 Å². The summed E-state index contributed by atoms with van der Waals surface area (Å²) in [6.45, 7) is 8.92. The zero-order chi connectivity index (χ0) is 16.6. The first-order valence-electron chi connectivity index (χ1n) is 7.90. The Labute approximate surface area is 139 Å². The van der Waals surface area contributed by atoms with Crippen LogP contribution in [0.3, 0.4) is 0 Å². The molecule has 1 rings (SSSR count). The number of carbonyl (C=O) groups is 1. The fourth-order valence-electron chi connectivity index (χ4n) is 2.30. The first-order valence-corrected chi connectivity index (χ1v) is 8.44. The first kappa shape index (κ1) is 18.8. The smallest absolute Gasteiger partial charge is 0.124 e. The van der Waals surface area contributed by atoms with Crippen molar-refractivity contribution in [2.45, 2.75) is 52.6 Å². The number of rotatable bonds is 10. The second kappa shape index (κ2) is 9.04. The van der Waals surface area contributed by atoms with E-state index >= 15 is 0 Å². The lowest BCUT2D eigenvalue weighted by Gasteiger charge is -2.35. The SMILES string of the molecule is CCOc1cc(CC=O)cc(OC(C)(CCCCl)C(C)C)c1. The molecule has 0 radical (unpaired) electrons. The van der Waals surface area contributed by atoms with Crippen molar-refractivity contribution in [1.29, 1.82) is 0 Å². The molecule has 1 unspecified atom stereocenters. The summed E-state index contributed by atoms with van der Waals surface area (Å²) in [6.07, 6.45) is 3.04. The van der Waals surface area contributed by atoms with Gasteiger partial charge in [0.05, 0.1) is 6.61 Å². The number of hydrogen-bond acceptors (Lipinski definition) is 3. The normalized spacial score (nSPS) is 13.7. The van der Waals surface area contributed by atoms with Crippen LogP contribution >= 0.6 is 11.6 Å². The van der Waals surface area contributed by atoms with Crippen LogP contribution in [0.5, 0.6) is 11.5 Å². The summed E-state index contributed by atoms with van der Waals surface area (Å²) in [5.74, 6) is 2.45. The number of aldehydes is 1. The summed E-state index contributed by atoms with van der Waals surface area (Å²) in [5, 5.41) is 0. The highest BCUT2D eigenvalue weighted by molar-refractivity contribution is 6.17. The average molecular weight is 327 g/mol. The minimum atomic E-state index is -0.293. The minimum Gasteiger partial charge on any atom is -0.494 e. The van der Waals surface area contributed by atoms with Crippen LogP contribution in [-0.4, -0.2) is 24.4 Å². The van der Waals surface area contributed by atoms with Gasteiger partial charge in [-0.05, 0) is 50.3 Å². The number of benzene rings is 1. The zero-order valence-electron chi connectivity index (χ0n) is 14.0. The molecule has 3 nitrogen and oxygen atoms in total. The number of alkyl halides is 1. The van der Waals surface area contributed by atoms with Crippen molar-refractivity contribution in [3.05, 3.63) is 23.8 Å². The van der Waals surface area contributed by atoms with Gasteiger partial charge in [-0.3, -0.25) is 0 Å². The molecule has 0 aliphatic heterocycles. The molecule has 22 heavy (non-hydrogen) atoms. The molecule has 0 aliphatic rings. The largest absolute Gasteiger partial charge is 0.494 e. The van der Waals surface area contributed by atoms with Crippen LogP contribution in [0.25, 0.3) is 0 Å². The summed E-state index contributed by atoms with van der Waals surface area (Å²) >= 11 is 5.83. The maximum atomic E-state index is 10.8. The van der Waals surface area contributed by atoms with E-state index in [-0.39, 0.29) is 5.60 Å². The topological polar surface area (TPSA) is 35.5 Å². The molecule has 0 heterocycles. The van der Waals surface area contributed by atoms with Gasteiger partial charge in [0.1, 0.15) is 23.4 Å². The van der Waals surface area contributed by atoms with Gasteiger partial charge < -0.3 is 14.3 Å². The molecule has 4 heteroatoms. The minimum absolute atomic E-state index is 0.293. The highest BCUT2D eigenvalue weighted by atomic mass is 35.5. The van der Waals surface area contributed by atoms with E-state index in [4.69, 9.17) is 21.1 Å². The second-order valence-electron chi connectivity index (χ2n) is 5.98. The quantitative estimate of drug-likeness (QED) is 0.464. The molecule has 0 N–H and O–H groups in total. The molecule has 0 aromatic heterocycles. The lowest BCUT2D eigenvalue weighted by Crippen LogP contribution is -2.38. The van der Waals surface area contributed by atoms with E-state index < -0.39 is 0 Å². The summed E-state index contributed by atoms with van der Waals surface area (Å²) < 4.78 is 11.9.